The van der Waals surface area contributed by atoms with Crippen LogP contribution in [0.2, 0.25) is 0 Å². The number of fused-ring (bicyclic) bond motifs is 1. The molecule has 0 bridgehead atoms. The lowest BCUT2D eigenvalue weighted by molar-refractivity contribution is 0.240. The molecule has 2 heterocycles. The van der Waals surface area contributed by atoms with Crippen molar-refractivity contribution in [2.75, 3.05) is 11.9 Å². The van der Waals surface area contributed by atoms with Crippen molar-refractivity contribution in [1.82, 2.24) is 10.7 Å². The Morgan fingerprint density at radius 3 is 2.80 bits per heavy atom. The van der Waals surface area contributed by atoms with Crippen LogP contribution in [-0.2, 0) is 12.0 Å². The van der Waals surface area contributed by atoms with Crippen molar-refractivity contribution in [3.8, 4) is 0 Å². The maximum Gasteiger partial charge on any atom is 0.335 e. The lowest BCUT2D eigenvalue weighted by atomic mass is 9.84. The number of hydrazone groups is 1. The van der Waals surface area contributed by atoms with E-state index in [2.05, 4.69) is 52.8 Å². The number of likely N-dealkylation sites (N-methyl/N-ethyl adjacent to an activating group) is 1. The predicted molar refractivity (Wildman–Crippen MR) is 98.5 cm³/mol. The number of nitrogens with one attached hydrogen (secondary N) is 2. The lowest BCUT2D eigenvalue weighted by Crippen LogP contribution is -2.31. The Kier molecular flexibility index (Phi) is 4.61. The fourth-order valence-electron chi connectivity index (χ4n) is 3.13. The van der Waals surface area contributed by atoms with Crippen LogP contribution in [0.1, 0.15) is 25.2 Å². The van der Waals surface area contributed by atoms with E-state index in [-0.39, 0.29) is 11.4 Å². The molecule has 1 aromatic heterocycles. The third kappa shape index (κ3) is 3.42. The van der Waals surface area contributed by atoms with Gasteiger partial charge in [0.15, 0.2) is 0 Å². The highest BCUT2D eigenvalue weighted by molar-refractivity contribution is 5.81. The Balaban J connectivity index is 1.60. The summed E-state index contributed by atoms with van der Waals surface area (Å²) in [5.74, 6) is 0.688. The number of rotatable bonds is 4. The van der Waals surface area contributed by atoms with Crippen LogP contribution in [0.5, 0.6) is 0 Å². The second-order valence-corrected chi connectivity index (χ2v) is 6.41. The Labute approximate surface area is 147 Å². The topological polar surface area (TPSA) is 69.9 Å². The number of benzene rings is 1. The van der Waals surface area contributed by atoms with Crippen LogP contribution in [0, 0.1) is 0 Å². The highest BCUT2D eigenvalue weighted by atomic mass is 16.3. The molecule has 0 aliphatic carbocycles. The zero-order chi connectivity index (χ0) is 17.9. The fraction of sp³-hybridized carbons (Fsp3) is 0.263. The molecule has 130 valence electrons. The number of carbonyl (C=O) groups excluding carboxylic acids is 1. The first kappa shape index (κ1) is 16.8. The third-order valence-corrected chi connectivity index (χ3v) is 4.42. The maximum absolute atomic E-state index is 11.7. The number of anilines is 1. The van der Waals surface area contributed by atoms with Gasteiger partial charge < -0.3 is 14.6 Å². The number of nitrogens with zero attached hydrogens (tertiary/aromatic N) is 2. The van der Waals surface area contributed by atoms with Crippen LogP contribution < -0.4 is 15.6 Å². The summed E-state index contributed by atoms with van der Waals surface area (Å²) in [5.41, 5.74) is 5.93. The Morgan fingerprint density at radius 1 is 1.28 bits per heavy atom. The average Bonchev–Trinajstić information content (AvgIpc) is 3.18. The second-order valence-electron chi connectivity index (χ2n) is 6.41. The molecule has 0 saturated heterocycles. The Hall–Kier alpha value is -3.02. The van der Waals surface area contributed by atoms with E-state index in [9.17, 15) is 4.79 Å². The van der Waals surface area contributed by atoms with E-state index in [1.165, 1.54) is 11.3 Å². The van der Waals surface area contributed by atoms with E-state index in [1.807, 2.05) is 19.2 Å². The number of amides is 2. The minimum Gasteiger partial charge on any atom is -0.467 e. The fourth-order valence-corrected chi connectivity index (χ4v) is 3.13. The average molecular weight is 338 g/mol. The number of urea groups is 1. The van der Waals surface area contributed by atoms with Crippen molar-refractivity contribution >= 4 is 17.9 Å². The molecule has 1 aliphatic rings. The zero-order valence-corrected chi connectivity index (χ0v) is 14.6. The van der Waals surface area contributed by atoms with E-state index >= 15 is 0 Å². The number of hydrogen-bond donors (Lipinski definition) is 2. The van der Waals surface area contributed by atoms with Crippen LogP contribution in [0.4, 0.5) is 10.5 Å². The number of allylic oxidation sites excluding steroid dienone is 2. The number of hydrogen-bond acceptors (Lipinski definition) is 4. The molecular formula is C19H22N4O2. The minimum atomic E-state index is -0.381. The first-order chi connectivity index (χ1) is 12.0. The summed E-state index contributed by atoms with van der Waals surface area (Å²) in [4.78, 5) is 13.8. The van der Waals surface area contributed by atoms with Gasteiger partial charge in [0.05, 0.1) is 12.8 Å². The summed E-state index contributed by atoms with van der Waals surface area (Å²) < 4.78 is 5.15. The van der Waals surface area contributed by atoms with Gasteiger partial charge in [-0.3, -0.25) is 0 Å². The van der Waals surface area contributed by atoms with Gasteiger partial charge in [0.2, 0.25) is 0 Å². The molecule has 1 aromatic carbocycles. The van der Waals surface area contributed by atoms with Gasteiger partial charge in [-0.25, -0.2) is 10.2 Å². The van der Waals surface area contributed by atoms with E-state index in [0.717, 1.165) is 5.70 Å². The Bertz CT molecular complexity index is 807. The molecule has 25 heavy (non-hydrogen) atoms. The zero-order valence-electron chi connectivity index (χ0n) is 14.6. The molecule has 6 nitrogen and oxygen atoms in total. The van der Waals surface area contributed by atoms with Crippen LogP contribution in [-0.4, -0.2) is 19.3 Å². The van der Waals surface area contributed by atoms with Gasteiger partial charge in [0, 0.05) is 30.1 Å². The molecule has 2 amide bonds. The van der Waals surface area contributed by atoms with Crippen molar-refractivity contribution in [3.05, 3.63) is 65.8 Å². The first-order valence-electron chi connectivity index (χ1n) is 8.13. The Morgan fingerprint density at radius 2 is 2.08 bits per heavy atom. The summed E-state index contributed by atoms with van der Waals surface area (Å²) >= 11 is 0. The lowest BCUT2D eigenvalue weighted by Gasteiger charge is -2.23. The summed E-state index contributed by atoms with van der Waals surface area (Å²) in [5, 5.41) is 6.64. The summed E-state index contributed by atoms with van der Waals surface area (Å²) in [6.45, 7) is 4.68. The van der Waals surface area contributed by atoms with Gasteiger partial charge in [-0.05, 0) is 29.8 Å². The molecule has 0 saturated carbocycles. The van der Waals surface area contributed by atoms with Gasteiger partial charge >= 0.3 is 6.03 Å². The molecule has 0 radical (unpaired) electrons. The van der Waals surface area contributed by atoms with Gasteiger partial charge in [0.25, 0.3) is 0 Å². The second kappa shape index (κ2) is 6.84. The minimum absolute atomic E-state index is 0.112. The molecule has 0 atom stereocenters. The molecule has 6 heteroatoms. The van der Waals surface area contributed by atoms with Crippen molar-refractivity contribution in [2.24, 2.45) is 5.10 Å². The number of para-hydroxylation sites is 1. The standard InChI is InChI=1S/C19H22N4O2/c1-19(2)15-8-4-5-9-16(15)23(3)17(19)10-11-21-22-18(24)20-13-14-7-6-12-25-14/h4-12H,13H2,1-3H3,(H2,20,22,24)/b17-10-,21-11+. The van der Waals surface area contributed by atoms with Crippen molar-refractivity contribution < 1.29 is 9.21 Å². The van der Waals surface area contributed by atoms with Crippen LogP contribution >= 0.6 is 0 Å². The van der Waals surface area contributed by atoms with Crippen molar-refractivity contribution in [2.45, 2.75) is 25.8 Å². The first-order valence-corrected chi connectivity index (χ1v) is 8.13. The summed E-state index contributed by atoms with van der Waals surface area (Å²) in [7, 11) is 2.04. The van der Waals surface area contributed by atoms with Crippen LogP contribution in [0.25, 0.3) is 0 Å². The molecular weight excluding hydrogens is 316 g/mol. The largest absolute Gasteiger partial charge is 0.467 e. The smallest absolute Gasteiger partial charge is 0.335 e. The normalized spacial score (nSPS) is 17.1. The molecule has 0 fully saturated rings. The van der Waals surface area contributed by atoms with Crippen LogP contribution in [0.3, 0.4) is 0 Å². The van der Waals surface area contributed by atoms with E-state index in [1.54, 1.807) is 24.6 Å². The van der Waals surface area contributed by atoms with E-state index in [0.29, 0.717) is 12.3 Å². The van der Waals surface area contributed by atoms with Crippen molar-refractivity contribution in [3.63, 3.8) is 0 Å². The molecule has 1 aliphatic heterocycles. The quantitative estimate of drug-likeness (QED) is 0.663. The molecule has 2 N–H and O–H groups in total. The number of carbonyl (C=O) groups is 1. The maximum atomic E-state index is 11.7. The summed E-state index contributed by atoms with van der Waals surface area (Å²) in [6.07, 6.45) is 5.09. The highest BCUT2D eigenvalue weighted by Gasteiger charge is 2.37. The monoisotopic (exact) mass is 338 g/mol. The van der Waals surface area contributed by atoms with Gasteiger partial charge in [-0.15, -0.1) is 0 Å². The van der Waals surface area contributed by atoms with Crippen molar-refractivity contribution in [1.29, 1.82) is 0 Å². The van der Waals surface area contributed by atoms with Crippen LogP contribution in [0.15, 0.2) is 64.0 Å². The highest BCUT2D eigenvalue weighted by Crippen LogP contribution is 2.46. The molecule has 3 rings (SSSR count). The molecule has 0 unspecified atom stereocenters. The molecule has 0 spiro atoms. The molecule has 2 aromatic rings. The summed E-state index contributed by atoms with van der Waals surface area (Å²) in [6, 6.07) is 11.5. The third-order valence-electron chi connectivity index (χ3n) is 4.42. The van der Waals surface area contributed by atoms with E-state index in [4.69, 9.17) is 4.42 Å². The van der Waals surface area contributed by atoms with Gasteiger partial charge in [-0.2, -0.15) is 5.10 Å². The van der Waals surface area contributed by atoms with E-state index < -0.39 is 0 Å². The van der Waals surface area contributed by atoms with Gasteiger partial charge in [-0.1, -0.05) is 32.0 Å². The SMILES string of the molecule is CN1/C(=C\C=N\NC(=O)NCc2ccco2)C(C)(C)c2ccccc21. The van der Waals surface area contributed by atoms with Gasteiger partial charge in [0.1, 0.15) is 5.76 Å². The number of furan rings is 1. The predicted octanol–water partition coefficient (Wildman–Crippen LogP) is 3.38.